The van der Waals surface area contributed by atoms with Gasteiger partial charge in [0.1, 0.15) is 6.10 Å². The summed E-state index contributed by atoms with van der Waals surface area (Å²) in [5, 5.41) is 0. The third-order valence-corrected chi connectivity index (χ3v) is 7.09. The average molecular weight is 304 g/mol. The second kappa shape index (κ2) is 5.05. The zero-order chi connectivity index (χ0) is 15.3. The Bertz CT molecular complexity index is 566. The van der Waals surface area contributed by atoms with Crippen molar-refractivity contribution in [2.24, 2.45) is 16.7 Å². The summed E-state index contributed by atoms with van der Waals surface area (Å²) < 4.78 is 5.96. The topological polar surface area (TPSA) is 26.3 Å². The molecule has 0 saturated heterocycles. The lowest BCUT2D eigenvalue weighted by Gasteiger charge is -2.38. The fourth-order valence-corrected chi connectivity index (χ4v) is 4.90. The summed E-state index contributed by atoms with van der Waals surface area (Å²) in [5.41, 5.74) is 1.10. The molecular formula is C18H24O2S. The molecule has 2 bridgehead atoms. The Morgan fingerprint density at radius 2 is 2.00 bits per heavy atom. The van der Waals surface area contributed by atoms with Crippen LogP contribution in [0.25, 0.3) is 0 Å². The van der Waals surface area contributed by atoms with E-state index in [1.165, 1.54) is 12.8 Å². The minimum Gasteiger partial charge on any atom is -0.458 e. The van der Waals surface area contributed by atoms with Gasteiger partial charge in [0.05, 0.1) is 5.56 Å². The Balaban J connectivity index is 1.81. The van der Waals surface area contributed by atoms with Crippen molar-refractivity contribution >= 4 is 17.7 Å². The van der Waals surface area contributed by atoms with E-state index in [2.05, 4.69) is 20.8 Å². The number of fused-ring (bicyclic) bond motifs is 2. The SMILES string of the molecule is CSc1ccccc1C(=O)OC1CC2CCC1(C)C2(C)C. The van der Waals surface area contributed by atoms with Crippen LogP contribution in [-0.4, -0.2) is 18.3 Å². The maximum atomic E-state index is 12.6. The van der Waals surface area contributed by atoms with E-state index in [-0.39, 0.29) is 22.9 Å². The number of esters is 1. The van der Waals surface area contributed by atoms with Gasteiger partial charge in [-0.3, -0.25) is 0 Å². The van der Waals surface area contributed by atoms with Crippen molar-refractivity contribution < 1.29 is 9.53 Å². The molecule has 3 rings (SSSR count). The highest BCUT2D eigenvalue weighted by Gasteiger charge is 2.62. The summed E-state index contributed by atoms with van der Waals surface area (Å²) in [6.45, 7) is 6.99. The summed E-state index contributed by atoms with van der Waals surface area (Å²) in [6.07, 6.45) is 5.53. The predicted molar refractivity (Wildman–Crippen MR) is 86.7 cm³/mol. The van der Waals surface area contributed by atoms with Gasteiger partial charge in [0, 0.05) is 10.3 Å². The normalized spacial score (nSPS) is 33.1. The van der Waals surface area contributed by atoms with E-state index in [0.717, 1.165) is 11.3 Å². The van der Waals surface area contributed by atoms with Crippen molar-refractivity contribution in [1.29, 1.82) is 0 Å². The highest BCUT2D eigenvalue weighted by atomic mass is 32.2. The molecule has 2 aliphatic rings. The van der Waals surface area contributed by atoms with Gasteiger partial charge in [-0.05, 0) is 49.0 Å². The molecule has 2 saturated carbocycles. The second-order valence-electron chi connectivity index (χ2n) is 7.20. The van der Waals surface area contributed by atoms with E-state index in [1.807, 2.05) is 30.5 Å². The van der Waals surface area contributed by atoms with Crippen LogP contribution in [0.1, 0.15) is 50.4 Å². The molecular weight excluding hydrogens is 280 g/mol. The summed E-state index contributed by atoms with van der Waals surface area (Å²) in [7, 11) is 0. The van der Waals surface area contributed by atoms with E-state index in [9.17, 15) is 4.79 Å². The van der Waals surface area contributed by atoms with Gasteiger partial charge in [-0.2, -0.15) is 0 Å². The molecule has 3 atom stereocenters. The van der Waals surface area contributed by atoms with Crippen LogP contribution in [0.3, 0.4) is 0 Å². The summed E-state index contributed by atoms with van der Waals surface area (Å²) in [5.74, 6) is 0.533. The molecule has 2 nitrogen and oxygen atoms in total. The molecule has 0 spiro atoms. The lowest BCUT2D eigenvalue weighted by Crippen LogP contribution is -2.38. The zero-order valence-electron chi connectivity index (χ0n) is 13.3. The molecule has 0 radical (unpaired) electrons. The molecule has 1 aromatic carbocycles. The number of hydrogen-bond acceptors (Lipinski definition) is 3. The first-order chi connectivity index (χ1) is 9.90. The third kappa shape index (κ3) is 2.12. The Hall–Kier alpha value is -0.960. The van der Waals surface area contributed by atoms with E-state index in [0.29, 0.717) is 11.5 Å². The number of thioether (sulfide) groups is 1. The smallest absolute Gasteiger partial charge is 0.339 e. The van der Waals surface area contributed by atoms with Gasteiger partial charge in [-0.25, -0.2) is 4.79 Å². The van der Waals surface area contributed by atoms with Gasteiger partial charge in [0.15, 0.2) is 0 Å². The van der Waals surface area contributed by atoms with E-state index < -0.39 is 0 Å². The largest absolute Gasteiger partial charge is 0.458 e. The Labute approximate surface area is 131 Å². The lowest BCUT2D eigenvalue weighted by molar-refractivity contribution is -0.0245. The van der Waals surface area contributed by atoms with Crippen LogP contribution in [0.15, 0.2) is 29.2 Å². The molecule has 2 fully saturated rings. The third-order valence-electron chi connectivity index (χ3n) is 6.29. The summed E-state index contributed by atoms with van der Waals surface area (Å²) in [4.78, 5) is 13.6. The molecule has 0 N–H and O–H groups in total. The van der Waals surface area contributed by atoms with Crippen molar-refractivity contribution in [2.75, 3.05) is 6.26 Å². The predicted octanol–water partition coefficient (Wildman–Crippen LogP) is 4.78. The second-order valence-corrected chi connectivity index (χ2v) is 8.05. The van der Waals surface area contributed by atoms with Crippen LogP contribution in [0, 0.1) is 16.7 Å². The zero-order valence-corrected chi connectivity index (χ0v) is 14.1. The Morgan fingerprint density at radius 3 is 2.57 bits per heavy atom. The molecule has 2 aliphatic carbocycles. The van der Waals surface area contributed by atoms with E-state index >= 15 is 0 Å². The van der Waals surface area contributed by atoms with Gasteiger partial charge >= 0.3 is 5.97 Å². The van der Waals surface area contributed by atoms with Gasteiger partial charge in [0.2, 0.25) is 0 Å². The van der Waals surface area contributed by atoms with Gasteiger partial charge < -0.3 is 4.74 Å². The van der Waals surface area contributed by atoms with Crippen molar-refractivity contribution in [2.45, 2.75) is 51.0 Å². The summed E-state index contributed by atoms with van der Waals surface area (Å²) in [6, 6.07) is 7.72. The highest BCUT2D eigenvalue weighted by Crippen LogP contribution is 2.66. The number of hydrogen-bond donors (Lipinski definition) is 0. The number of ether oxygens (including phenoxy) is 1. The molecule has 3 heteroatoms. The average Bonchev–Trinajstić information content (AvgIpc) is 2.80. The number of rotatable bonds is 3. The molecule has 0 amide bonds. The Kier molecular flexibility index (Phi) is 3.59. The quantitative estimate of drug-likeness (QED) is 0.594. The van der Waals surface area contributed by atoms with Crippen LogP contribution in [0.5, 0.6) is 0 Å². The van der Waals surface area contributed by atoms with E-state index in [4.69, 9.17) is 4.74 Å². The molecule has 0 aromatic heterocycles. The van der Waals surface area contributed by atoms with Gasteiger partial charge in [-0.15, -0.1) is 11.8 Å². The first kappa shape index (κ1) is 15.0. The van der Waals surface area contributed by atoms with Crippen molar-refractivity contribution in [3.05, 3.63) is 29.8 Å². The molecule has 114 valence electrons. The first-order valence-electron chi connectivity index (χ1n) is 7.74. The number of carbonyl (C=O) groups is 1. The Morgan fingerprint density at radius 1 is 1.29 bits per heavy atom. The standard InChI is InChI=1S/C18H24O2S/c1-17(2)12-9-10-18(17,3)15(11-12)20-16(19)13-7-5-6-8-14(13)21-4/h5-8,12,15H,9-11H2,1-4H3. The van der Waals surface area contributed by atoms with Crippen LogP contribution in [0.4, 0.5) is 0 Å². The van der Waals surface area contributed by atoms with Crippen molar-refractivity contribution in [3.8, 4) is 0 Å². The summed E-state index contributed by atoms with van der Waals surface area (Å²) >= 11 is 1.60. The van der Waals surface area contributed by atoms with Crippen LogP contribution >= 0.6 is 11.8 Å². The van der Waals surface area contributed by atoms with Gasteiger partial charge in [0.25, 0.3) is 0 Å². The molecule has 1 aromatic rings. The molecule has 0 heterocycles. The van der Waals surface area contributed by atoms with Crippen LogP contribution < -0.4 is 0 Å². The molecule has 0 aliphatic heterocycles. The molecule has 21 heavy (non-hydrogen) atoms. The van der Waals surface area contributed by atoms with E-state index in [1.54, 1.807) is 11.8 Å². The monoisotopic (exact) mass is 304 g/mol. The maximum absolute atomic E-state index is 12.6. The fraction of sp³-hybridized carbons (Fsp3) is 0.611. The lowest BCUT2D eigenvalue weighted by atomic mass is 9.70. The van der Waals surface area contributed by atoms with Crippen LogP contribution in [-0.2, 0) is 4.74 Å². The number of carbonyl (C=O) groups excluding carboxylic acids is 1. The van der Waals surface area contributed by atoms with Crippen molar-refractivity contribution in [1.82, 2.24) is 0 Å². The van der Waals surface area contributed by atoms with Crippen molar-refractivity contribution in [3.63, 3.8) is 0 Å². The highest BCUT2D eigenvalue weighted by molar-refractivity contribution is 7.98. The van der Waals surface area contributed by atoms with Crippen LogP contribution in [0.2, 0.25) is 0 Å². The fourth-order valence-electron chi connectivity index (χ4n) is 4.31. The minimum absolute atomic E-state index is 0.0636. The molecule has 3 unspecified atom stereocenters. The minimum atomic E-state index is -0.158. The maximum Gasteiger partial charge on any atom is 0.339 e. The number of benzene rings is 1. The van der Waals surface area contributed by atoms with Gasteiger partial charge in [-0.1, -0.05) is 32.9 Å². The first-order valence-corrected chi connectivity index (χ1v) is 8.96.